The van der Waals surface area contributed by atoms with Crippen LogP contribution in [0.4, 0.5) is 0 Å². The molecular weight excluding hydrogens is 376 g/mol. The number of hydrogen-bond donors (Lipinski definition) is 3. The number of esters is 1. The van der Waals surface area contributed by atoms with Gasteiger partial charge in [0, 0.05) is 17.5 Å². The molecular formula is C22H26O7. The molecule has 0 spiro atoms. The van der Waals surface area contributed by atoms with Crippen molar-refractivity contribution in [2.75, 3.05) is 7.11 Å². The van der Waals surface area contributed by atoms with Crippen LogP contribution < -0.4 is 9.47 Å². The lowest BCUT2D eigenvalue weighted by Crippen LogP contribution is -2.34. The minimum absolute atomic E-state index is 0.0307. The summed E-state index contributed by atoms with van der Waals surface area (Å²) in [4.78, 5) is 12.5. The molecule has 0 radical (unpaired) electrons. The van der Waals surface area contributed by atoms with Crippen LogP contribution in [-0.2, 0) is 24.6 Å². The number of fused-ring (bicyclic) bond motifs is 1. The molecule has 7 nitrogen and oxygen atoms in total. The fourth-order valence-electron chi connectivity index (χ4n) is 3.53. The van der Waals surface area contributed by atoms with Crippen LogP contribution >= 0.6 is 0 Å². The van der Waals surface area contributed by atoms with Gasteiger partial charge in [-0.15, -0.1) is 0 Å². The molecule has 1 aliphatic rings. The van der Waals surface area contributed by atoms with Crippen LogP contribution in [0.1, 0.15) is 59.0 Å². The molecule has 1 aliphatic heterocycles. The summed E-state index contributed by atoms with van der Waals surface area (Å²) in [5, 5.41) is 29.4. The molecule has 0 aliphatic carbocycles. The van der Waals surface area contributed by atoms with Gasteiger partial charge in [-0.05, 0) is 55.3 Å². The summed E-state index contributed by atoms with van der Waals surface area (Å²) >= 11 is 0. The third-order valence-electron chi connectivity index (χ3n) is 4.96. The molecule has 7 heteroatoms. The van der Waals surface area contributed by atoms with Crippen LogP contribution in [0.2, 0.25) is 0 Å². The van der Waals surface area contributed by atoms with Gasteiger partial charge in [0.15, 0.2) is 0 Å². The van der Waals surface area contributed by atoms with Crippen LogP contribution in [0.15, 0.2) is 30.3 Å². The number of hydrogen-bond acceptors (Lipinski definition) is 7. The van der Waals surface area contributed by atoms with Crippen LogP contribution in [0.25, 0.3) is 0 Å². The molecule has 3 N–H and O–H groups in total. The Morgan fingerprint density at radius 1 is 1.21 bits per heavy atom. The Bertz CT molecular complexity index is 879. The van der Waals surface area contributed by atoms with Crippen molar-refractivity contribution in [1.82, 2.24) is 0 Å². The molecule has 1 unspecified atom stereocenters. The van der Waals surface area contributed by atoms with Gasteiger partial charge < -0.3 is 29.5 Å². The van der Waals surface area contributed by atoms with Gasteiger partial charge in [0.05, 0.1) is 32.0 Å². The highest BCUT2D eigenvalue weighted by atomic mass is 16.5. The second-order valence-electron chi connectivity index (χ2n) is 7.66. The lowest BCUT2D eigenvalue weighted by atomic mass is 9.91. The average molecular weight is 402 g/mol. The topological polar surface area (TPSA) is 105 Å². The number of methoxy groups -OCH3 is 1. The minimum Gasteiger partial charge on any atom is -0.496 e. The molecule has 0 aromatic heterocycles. The fraction of sp³-hybridized carbons (Fsp3) is 0.409. The number of rotatable bonds is 6. The summed E-state index contributed by atoms with van der Waals surface area (Å²) in [7, 11) is 1.47. The van der Waals surface area contributed by atoms with E-state index in [1.165, 1.54) is 7.11 Å². The first-order valence-corrected chi connectivity index (χ1v) is 9.36. The highest BCUT2D eigenvalue weighted by Crippen LogP contribution is 2.39. The third-order valence-corrected chi connectivity index (χ3v) is 4.96. The highest BCUT2D eigenvalue weighted by molar-refractivity contribution is 5.90. The predicted octanol–water partition coefficient (Wildman–Crippen LogP) is 2.63. The Hall–Kier alpha value is -2.61. The summed E-state index contributed by atoms with van der Waals surface area (Å²) < 4.78 is 16.5. The number of aliphatic hydroxyl groups is 3. The largest absolute Gasteiger partial charge is 0.496 e. The van der Waals surface area contributed by atoms with E-state index in [-0.39, 0.29) is 19.8 Å². The zero-order valence-electron chi connectivity index (χ0n) is 16.8. The summed E-state index contributed by atoms with van der Waals surface area (Å²) in [6, 6.07) is 8.17. The first kappa shape index (κ1) is 21.1. The predicted molar refractivity (Wildman–Crippen MR) is 105 cm³/mol. The Morgan fingerprint density at radius 2 is 1.97 bits per heavy atom. The van der Waals surface area contributed by atoms with Crippen molar-refractivity contribution in [1.29, 1.82) is 0 Å². The van der Waals surface area contributed by atoms with Crippen molar-refractivity contribution in [2.45, 2.75) is 51.8 Å². The van der Waals surface area contributed by atoms with Gasteiger partial charge in [-0.2, -0.15) is 0 Å². The minimum atomic E-state index is -0.719. The molecule has 1 heterocycles. The van der Waals surface area contributed by atoms with Crippen molar-refractivity contribution in [3.8, 4) is 11.5 Å². The molecule has 0 saturated heterocycles. The number of ether oxygens (including phenoxy) is 3. The van der Waals surface area contributed by atoms with Crippen molar-refractivity contribution in [3.05, 3.63) is 58.1 Å². The van der Waals surface area contributed by atoms with Gasteiger partial charge in [0.25, 0.3) is 0 Å². The van der Waals surface area contributed by atoms with Gasteiger partial charge in [0.1, 0.15) is 23.7 Å². The molecule has 0 fully saturated rings. The quantitative estimate of drug-likeness (QED) is 0.638. The Kier molecular flexibility index (Phi) is 6.12. The lowest BCUT2D eigenvalue weighted by molar-refractivity contribution is 0.0114. The average Bonchev–Trinajstić information content (AvgIpc) is 2.69. The van der Waals surface area contributed by atoms with Crippen molar-refractivity contribution >= 4 is 5.97 Å². The van der Waals surface area contributed by atoms with Gasteiger partial charge in [-0.3, -0.25) is 0 Å². The maximum absolute atomic E-state index is 12.5. The summed E-state index contributed by atoms with van der Waals surface area (Å²) in [6.45, 7) is 3.23. The van der Waals surface area contributed by atoms with Gasteiger partial charge in [0.2, 0.25) is 0 Å². The monoisotopic (exact) mass is 402 g/mol. The Labute approximate surface area is 169 Å². The normalized spacial score (nSPS) is 17.2. The van der Waals surface area contributed by atoms with E-state index in [0.717, 1.165) is 0 Å². The molecule has 156 valence electrons. The van der Waals surface area contributed by atoms with Crippen molar-refractivity contribution in [2.24, 2.45) is 0 Å². The van der Waals surface area contributed by atoms with Crippen LogP contribution in [0, 0.1) is 0 Å². The van der Waals surface area contributed by atoms with E-state index in [9.17, 15) is 20.1 Å². The van der Waals surface area contributed by atoms with Crippen LogP contribution in [0.3, 0.4) is 0 Å². The summed E-state index contributed by atoms with van der Waals surface area (Å²) in [5.41, 5.74) is 2.03. The van der Waals surface area contributed by atoms with Gasteiger partial charge >= 0.3 is 5.97 Å². The van der Waals surface area contributed by atoms with Crippen molar-refractivity contribution < 1.29 is 34.3 Å². The SMILES string of the molecule is COc1cc(COC(=O)c2ccc3c(c2)C(O)CC(C)(C)O3)cc(CO)c1CO. The first-order chi connectivity index (χ1) is 13.8. The van der Waals surface area contributed by atoms with Gasteiger partial charge in [-0.1, -0.05) is 0 Å². The Morgan fingerprint density at radius 3 is 2.62 bits per heavy atom. The smallest absolute Gasteiger partial charge is 0.338 e. The van der Waals surface area contributed by atoms with E-state index in [2.05, 4.69) is 0 Å². The zero-order valence-corrected chi connectivity index (χ0v) is 16.8. The molecule has 3 rings (SSSR count). The highest BCUT2D eigenvalue weighted by Gasteiger charge is 2.33. The van der Waals surface area contributed by atoms with Gasteiger partial charge in [-0.25, -0.2) is 4.79 Å². The first-order valence-electron chi connectivity index (χ1n) is 9.36. The van der Waals surface area contributed by atoms with E-state index < -0.39 is 17.7 Å². The molecule has 0 bridgehead atoms. The maximum Gasteiger partial charge on any atom is 0.338 e. The molecule has 2 aromatic rings. The fourth-order valence-corrected chi connectivity index (χ4v) is 3.53. The second-order valence-corrected chi connectivity index (χ2v) is 7.66. The van der Waals surface area contributed by atoms with E-state index >= 15 is 0 Å². The van der Waals surface area contributed by atoms with Crippen molar-refractivity contribution in [3.63, 3.8) is 0 Å². The Balaban J connectivity index is 1.76. The maximum atomic E-state index is 12.5. The molecule has 0 amide bonds. The summed E-state index contributed by atoms with van der Waals surface area (Å²) in [5.74, 6) is 0.435. The molecule has 1 atom stereocenters. The standard InChI is InChI=1S/C22H26O7/c1-22(2)9-18(25)16-8-14(4-5-19(16)29-22)21(26)28-12-13-6-15(10-23)17(11-24)20(7-13)27-3/h4-8,18,23-25H,9-12H2,1-3H3. The number of aliphatic hydroxyl groups excluding tert-OH is 3. The van der Waals surface area contributed by atoms with E-state index in [4.69, 9.17) is 14.2 Å². The summed E-state index contributed by atoms with van der Waals surface area (Å²) in [6.07, 6.45) is -0.289. The number of carbonyl (C=O) groups excluding carboxylic acids is 1. The van der Waals surface area contributed by atoms with E-state index in [1.807, 2.05) is 13.8 Å². The lowest BCUT2D eigenvalue weighted by Gasteiger charge is -2.35. The molecule has 0 saturated carbocycles. The zero-order chi connectivity index (χ0) is 21.2. The number of benzene rings is 2. The van der Waals surface area contributed by atoms with Crippen LogP contribution in [-0.4, -0.2) is 34.0 Å². The molecule has 29 heavy (non-hydrogen) atoms. The molecule has 2 aromatic carbocycles. The van der Waals surface area contributed by atoms with Crippen LogP contribution in [0.5, 0.6) is 11.5 Å². The van der Waals surface area contributed by atoms with E-state index in [0.29, 0.717) is 45.7 Å². The third kappa shape index (κ3) is 4.53. The number of carbonyl (C=O) groups is 1. The second kappa shape index (κ2) is 8.41. The van der Waals surface area contributed by atoms with E-state index in [1.54, 1.807) is 30.3 Å².